The molecule has 0 bridgehead atoms. The highest BCUT2D eigenvalue weighted by Crippen LogP contribution is 2.48. The second-order valence-electron chi connectivity index (χ2n) is 8.04. The van der Waals surface area contributed by atoms with E-state index < -0.39 is 36.8 Å². The number of alkyl halides is 4. The second-order valence-corrected chi connectivity index (χ2v) is 9.30. The molecule has 0 unspecified atom stereocenters. The molecule has 5 rings (SSSR count). The monoisotopic (exact) mass is 577 g/mol. The van der Waals surface area contributed by atoms with Crippen LogP contribution in [0.5, 0.6) is 11.5 Å². The Morgan fingerprint density at radius 2 is 1.97 bits per heavy atom. The summed E-state index contributed by atoms with van der Waals surface area (Å²) >= 11 is 9.51. The van der Waals surface area contributed by atoms with Crippen molar-refractivity contribution >= 4 is 49.9 Å². The van der Waals surface area contributed by atoms with E-state index in [1.807, 2.05) is 6.07 Å². The molecule has 1 N–H and O–H groups in total. The third-order valence-electron chi connectivity index (χ3n) is 5.89. The van der Waals surface area contributed by atoms with Gasteiger partial charge in [0.1, 0.15) is 24.4 Å². The van der Waals surface area contributed by atoms with Gasteiger partial charge in [0.05, 0.1) is 30.9 Å². The van der Waals surface area contributed by atoms with Crippen molar-refractivity contribution in [2.45, 2.75) is 30.2 Å². The molecule has 2 aromatic carbocycles. The van der Waals surface area contributed by atoms with Crippen LogP contribution in [-0.2, 0) is 9.47 Å². The van der Waals surface area contributed by atoms with Gasteiger partial charge in [0.25, 0.3) is 5.67 Å². The zero-order chi connectivity index (χ0) is 25.0. The van der Waals surface area contributed by atoms with Crippen molar-refractivity contribution in [2.75, 3.05) is 25.6 Å². The van der Waals surface area contributed by atoms with Crippen LogP contribution in [0.3, 0.4) is 0 Å². The highest BCUT2D eigenvalue weighted by atomic mass is 79.9. The predicted octanol–water partition coefficient (Wildman–Crippen LogP) is 5.61. The molecule has 0 spiro atoms. The van der Waals surface area contributed by atoms with Crippen molar-refractivity contribution in [3.8, 4) is 11.5 Å². The molecule has 186 valence electrons. The van der Waals surface area contributed by atoms with Crippen molar-refractivity contribution in [2.24, 2.45) is 0 Å². The lowest BCUT2D eigenvalue weighted by Crippen LogP contribution is -2.51. The smallest absolute Gasteiger partial charge is 0.427 e. The van der Waals surface area contributed by atoms with Crippen molar-refractivity contribution in [1.82, 2.24) is 9.97 Å². The minimum atomic E-state index is -5.12. The Morgan fingerprint density at radius 1 is 1.17 bits per heavy atom. The number of rotatable bonds is 5. The highest BCUT2D eigenvalue weighted by molar-refractivity contribution is 9.10. The number of hydrogen-bond donors (Lipinski definition) is 1. The number of nitrogens with one attached hydrogen (secondary N) is 1. The Balaban J connectivity index is 1.42. The number of ether oxygens (including phenoxy) is 4. The highest BCUT2D eigenvalue weighted by Gasteiger charge is 2.70. The fourth-order valence-electron chi connectivity index (χ4n) is 4.10. The van der Waals surface area contributed by atoms with Gasteiger partial charge >= 0.3 is 6.18 Å². The maximum Gasteiger partial charge on any atom is 0.427 e. The van der Waals surface area contributed by atoms with Gasteiger partial charge in [0.2, 0.25) is 0 Å². The van der Waals surface area contributed by atoms with Crippen molar-refractivity contribution < 1.29 is 36.5 Å². The Labute approximate surface area is 209 Å². The fraction of sp³-hybridized carbons (Fsp3) is 0.364. The zero-order valence-corrected chi connectivity index (χ0v) is 20.2. The summed E-state index contributed by atoms with van der Waals surface area (Å²) in [4.78, 5) is 8.54. The lowest BCUT2D eigenvalue weighted by atomic mass is 9.97. The molecule has 2 aliphatic heterocycles. The van der Waals surface area contributed by atoms with Crippen LogP contribution < -0.4 is 14.8 Å². The Kier molecular flexibility index (Phi) is 6.19. The normalized spacial score (nSPS) is 26.1. The largest absolute Gasteiger partial charge is 0.493 e. The molecule has 1 aromatic heterocycles. The van der Waals surface area contributed by atoms with Gasteiger partial charge in [-0.1, -0.05) is 11.6 Å². The van der Waals surface area contributed by atoms with Crippen LogP contribution >= 0.6 is 27.5 Å². The summed E-state index contributed by atoms with van der Waals surface area (Å²) in [6.07, 6.45) is -7.80. The zero-order valence-electron chi connectivity index (χ0n) is 17.9. The summed E-state index contributed by atoms with van der Waals surface area (Å²) in [6.45, 7) is -1.43. The van der Waals surface area contributed by atoms with Gasteiger partial charge in [-0.2, -0.15) is 13.2 Å². The van der Waals surface area contributed by atoms with E-state index in [-0.39, 0.29) is 18.1 Å². The van der Waals surface area contributed by atoms with Crippen molar-refractivity contribution in [3.63, 3.8) is 0 Å². The van der Waals surface area contributed by atoms with Crippen LogP contribution in [-0.4, -0.2) is 60.4 Å². The summed E-state index contributed by atoms with van der Waals surface area (Å²) in [7, 11) is 1.41. The molecular formula is C22H17BrClF4N3O4. The number of halogens is 6. The molecule has 0 amide bonds. The molecule has 13 heteroatoms. The molecule has 2 fully saturated rings. The Morgan fingerprint density at radius 3 is 2.69 bits per heavy atom. The molecule has 7 nitrogen and oxygen atoms in total. The van der Waals surface area contributed by atoms with Crippen LogP contribution in [0.1, 0.15) is 0 Å². The summed E-state index contributed by atoms with van der Waals surface area (Å²) in [5.74, 6) is 0.930. The standard InChI is InChI=1S/C22H17BrClF4N3O4/c1-32-15-5-11-14(29-9-30-20(11)31-10-2-3-12(23)13(24)4-10)6-16(15)35-17-7-33-19-18(17)34-8-21(19,25)22(26,27)28/h2-6,9,17-19H,7-8H2,1H3,(H,29,30,31)/t17-,18+,19-,21+/m0/s1. The average molecular weight is 579 g/mol. The molecular weight excluding hydrogens is 562 g/mol. The Bertz CT molecular complexity index is 1280. The van der Waals surface area contributed by atoms with Crippen molar-refractivity contribution in [1.29, 1.82) is 0 Å². The van der Waals surface area contributed by atoms with E-state index in [0.717, 1.165) is 4.47 Å². The number of nitrogens with zero attached hydrogens (tertiary/aromatic N) is 2. The van der Waals surface area contributed by atoms with Gasteiger partial charge in [0, 0.05) is 21.6 Å². The first kappa shape index (κ1) is 24.3. The number of fused-ring (bicyclic) bond motifs is 2. The van der Waals surface area contributed by atoms with Gasteiger partial charge in [-0.25, -0.2) is 14.4 Å². The number of aromatic nitrogens is 2. The van der Waals surface area contributed by atoms with Crippen LogP contribution in [0, 0.1) is 0 Å². The molecule has 2 aliphatic rings. The van der Waals surface area contributed by atoms with Crippen LogP contribution in [0.25, 0.3) is 10.9 Å². The molecule has 0 radical (unpaired) electrons. The summed E-state index contributed by atoms with van der Waals surface area (Å²) < 4.78 is 76.7. The van der Waals surface area contributed by atoms with E-state index in [1.165, 1.54) is 13.4 Å². The summed E-state index contributed by atoms with van der Waals surface area (Å²) in [6, 6.07) is 8.50. The lowest BCUT2D eigenvalue weighted by Gasteiger charge is -2.26. The molecule has 3 aromatic rings. The molecule has 35 heavy (non-hydrogen) atoms. The molecule has 4 atom stereocenters. The number of hydrogen-bond acceptors (Lipinski definition) is 7. The number of benzene rings is 2. The lowest BCUT2D eigenvalue weighted by molar-refractivity contribution is -0.252. The van der Waals surface area contributed by atoms with Crippen LogP contribution in [0.4, 0.5) is 29.1 Å². The van der Waals surface area contributed by atoms with Gasteiger partial charge in [-0.15, -0.1) is 0 Å². The molecule has 0 aliphatic carbocycles. The third kappa shape index (κ3) is 4.26. The quantitative estimate of drug-likeness (QED) is 0.395. The van der Waals surface area contributed by atoms with Crippen molar-refractivity contribution in [3.05, 3.63) is 46.2 Å². The van der Waals surface area contributed by atoms with Gasteiger partial charge in [-0.05, 0) is 40.2 Å². The maximum absolute atomic E-state index is 14.6. The predicted molar refractivity (Wildman–Crippen MR) is 122 cm³/mol. The Hall–Kier alpha value is -2.41. The SMILES string of the molecule is COc1cc2c(Nc3ccc(Br)c(Cl)c3)ncnc2cc1O[C@H]1CO[C@H]2[C@@H]1OC[C@]2(F)C(F)(F)F. The minimum Gasteiger partial charge on any atom is -0.493 e. The first-order chi connectivity index (χ1) is 16.6. The second kappa shape index (κ2) is 8.91. The van der Waals surface area contributed by atoms with E-state index in [4.69, 9.17) is 30.5 Å². The number of anilines is 2. The molecule has 3 heterocycles. The molecule has 2 saturated heterocycles. The third-order valence-corrected chi connectivity index (χ3v) is 7.13. The van der Waals surface area contributed by atoms with Gasteiger partial charge in [-0.3, -0.25) is 0 Å². The summed E-state index contributed by atoms with van der Waals surface area (Å²) in [5, 5.41) is 4.27. The van der Waals surface area contributed by atoms with Crippen LogP contribution in [0.2, 0.25) is 5.02 Å². The van der Waals surface area contributed by atoms with Gasteiger partial charge in [0.15, 0.2) is 17.6 Å². The first-order valence-corrected chi connectivity index (χ1v) is 11.5. The van der Waals surface area contributed by atoms with Crippen LogP contribution in [0.15, 0.2) is 41.1 Å². The van der Waals surface area contributed by atoms with E-state index in [0.29, 0.717) is 27.4 Å². The minimum absolute atomic E-state index is 0.192. The van der Waals surface area contributed by atoms with E-state index in [9.17, 15) is 17.6 Å². The summed E-state index contributed by atoms with van der Waals surface area (Å²) in [5.41, 5.74) is -2.43. The van der Waals surface area contributed by atoms with E-state index in [2.05, 4.69) is 31.2 Å². The first-order valence-electron chi connectivity index (χ1n) is 10.3. The van der Waals surface area contributed by atoms with E-state index in [1.54, 1.807) is 24.3 Å². The van der Waals surface area contributed by atoms with Gasteiger partial charge < -0.3 is 24.3 Å². The number of methoxy groups -OCH3 is 1. The fourth-order valence-corrected chi connectivity index (χ4v) is 4.53. The topological polar surface area (TPSA) is 74.7 Å². The molecule has 0 saturated carbocycles. The average Bonchev–Trinajstić information content (AvgIpc) is 3.37. The maximum atomic E-state index is 14.6. The van der Waals surface area contributed by atoms with E-state index >= 15 is 0 Å².